The van der Waals surface area contributed by atoms with Gasteiger partial charge in [-0.3, -0.25) is 9.59 Å². The average Bonchev–Trinajstić information content (AvgIpc) is 3.13. The van der Waals surface area contributed by atoms with E-state index in [1.165, 1.54) is 0 Å². The zero-order valence-corrected chi connectivity index (χ0v) is 20.4. The largest absolute Gasteiger partial charge is 0.507 e. The molecular formula is C27H34N2O5. The van der Waals surface area contributed by atoms with Gasteiger partial charge in [-0.05, 0) is 61.5 Å². The number of carbonyl (C=O) groups excluding carboxylic acids is 2. The Kier molecular flexibility index (Phi) is 8.71. The van der Waals surface area contributed by atoms with Gasteiger partial charge < -0.3 is 24.4 Å². The van der Waals surface area contributed by atoms with Gasteiger partial charge in [0.05, 0.1) is 25.3 Å². The van der Waals surface area contributed by atoms with Crippen molar-refractivity contribution in [2.45, 2.75) is 33.2 Å². The molecule has 1 atom stereocenters. The highest BCUT2D eigenvalue weighted by Gasteiger charge is 2.45. The highest BCUT2D eigenvalue weighted by Crippen LogP contribution is 2.39. The van der Waals surface area contributed by atoms with Crippen molar-refractivity contribution in [3.05, 3.63) is 65.2 Å². The van der Waals surface area contributed by atoms with Crippen LogP contribution in [0.4, 0.5) is 0 Å². The summed E-state index contributed by atoms with van der Waals surface area (Å²) in [5.41, 5.74) is 1.30. The summed E-state index contributed by atoms with van der Waals surface area (Å²) in [6, 6.07) is 13.5. The van der Waals surface area contributed by atoms with Crippen molar-refractivity contribution in [2.75, 3.05) is 39.9 Å². The van der Waals surface area contributed by atoms with Crippen LogP contribution in [0.1, 0.15) is 44.4 Å². The van der Waals surface area contributed by atoms with E-state index in [1.54, 1.807) is 36.3 Å². The van der Waals surface area contributed by atoms with Gasteiger partial charge in [-0.15, -0.1) is 0 Å². The number of aliphatic hydroxyl groups excluding tert-OH is 1. The number of methoxy groups -OCH3 is 1. The Morgan fingerprint density at radius 3 is 2.15 bits per heavy atom. The number of nitrogens with zero attached hydrogens (tertiary/aromatic N) is 2. The summed E-state index contributed by atoms with van der Waals surface area (Å²) >= 11 is 0. The number of aliphatic hydroxyl groups is 1. The number of ether oxygens (including phenoxy) is 2. The van der Waals surface area contributed by atoms with Gasteiger partial charge in [-0.25, -0.2) is 0 Å². The van der Waals surface area contributed by atoms with Gasteiger partial charge in [0.15, 0.2) is 0 Å². The molecule has 0 saturated carbocycles. The zero-order valence-electron chi connectivity index (χ0n) is 20.4. The van der Waals surface area contributed by atoms with Crippen LogP contribution in [-0.2, 0) is 9.59 Å². The fourth-order valence-corrected chi connectivity index (χ4v) is 4.12. The van der Waals surface area contributed by atoms with Crippen LogP contribution in [0.3, 0.4) is 0 Å². The third kappa shape index (κ3) is 5.42. The number of hydrogen-bond donors (Lipinski definition) is 1. The molecule has 0 bridgehead atoms. The molecule has 1 saturated heterocycles. The molecule has 1 amide bonds. The molecule has 3 rings (SSSR count). The first-order chi connectivity index (χ1) is 16.4. The predicted molar refractivity (Wildman–Crippen MR) is 132 cm³/mol. The van der Waals surface area contributed by atoms with E-state index < -0.39 is 17.7 Å². The van der Waals surface area contributed by atoms with Crippen molar-refractivity contribution < 1.29 is 24.2 Å². The molecule has 0 radical (unpaired) electrons. The topological polar surface area (TPSA) is 79.3 Å². The highest BCUT2D eigenvalue weighted by atomic mass is 16.5. The molecule has 0 spiro atoms. The number of benzene rings is 2. The van der Waals surface area contributed by atoms with Crippen molar-refractivity contribution in [2.24, 2.45) is 0 Å². The first kappa shape index (κ1) is 25.3. The van der Waals surface area contributed by atoms with Crippen LogP contribution in [0.15, 0.2) is 54.1 Å². The summed E-state index contributed by atoms with van der Waals surface area (Å²) in [5.74, 6) is -0.110. The van der Waals surface area contributed by atoms with Gasteiger partial charge in [-0.1, -0.05) is 32.9 Å². The number of rotatable bonds is 11. The number of amides is 1. The van der Waals surface area contributed by atoms with E-state index in [1.807, 2.05) is 31.2 Å². The van der Waals surface area contributed by atoms with E-state index in [0.717, 1.165) is 30.8 Å². The molecule has 0 aromatic heterocycles. The van der Waals surface area contributed by atoms with Gasteiger partial charge >= 0.3 is 0 Å². The summed E-state index contributed by atoms with van der Waals surface area (Å²) in [7, 11) is 1.56. The number of likely N-dealkylation sites (tertiary alicyclic amines) is 1. The van der Waals surface area contributed by atoms with Gasteiger partial charge in [0.2, 0.25) is 0 Å². The van der Waals surface area contributed by atoms with E-state index in [9.17, 15) is 14.7 Å². The molecule has 1 fully saturated rings. The molecule has 1 N–H and O–H groups in total. The van der Waals surface area contributed by atoms with Crippen molar-refractivity contribution in [3.63, 3.8) is 0 Å². The first-order valence-electron chi connectivity index (χ1n) is 11.8. The summed E-state index contributed by atoms with van der Waals surface area (Å²) in [6.45, 7) is 9.49. The van der Waals surface area contributed by atoms with Crippen molar-refractivity contribution in [1.29, 1.82) is 0 Å². The van der Waals surface area contributed by atoms with E-state index in [2.05, 4.69) is 18.7 Å². The van der Waals surface area contributed by atoms with Gasteiger partial charge in [0.1, 0.15) is 17.3 Å². The van der Waals surface area contributed by atoms with Crippen LogP contribution in [0.25, 0.3) is 5.76 Å². The van der Waals surface area contributed by atoms with Crippen molar-refractivity contribution in [1.82, 2.24) is 9.80 Å². The summed E-state index contributed by atoms with van der Waals surface area (Å²) < 4.78 is 10.9. The minimum Gasteiger partial charge on any atom is -0.507 e. The number of carbonyl (C=O) groups is 2. The molecule has 34 heavy (non-hydrogen) atoms. The van der Waals surface area contributed by atoms with Crippen molar-refractivity contribution in [3.8, 4) is 11.5 Å². The minimum absolute atomic E-state index is 0.0944. The molecule has 1 unspecified atom stereocenters. The van der Waals surface area contributed by atoms with Crippen molar-refractivity contribution >= 4 is 17.4 Å². The normalized spacial score (nSPS) is 17.4. The number of hydrogen-bond acceptors (Lipinski definition) is 6. The Morgan fingerprint density at radius 2 is 1.59 bits per heavy atom. The molecular weight excluding hydrogens is 432 g/mol. The van der Waals surface area contributed by atoms with E-state index in [-0.39, 0.29) is 11.3 Å². The fourth-order valence-electron chi connectivity index (χ4n) is 4.12. The third-order valence-corrected chi connectivity index (χ3v) is 6.12. The van der Waals surface area contributed by atoms with Gasteiger partial charge in [0.25, 0.3) is 11.7 Å². The second-order valence-corrected chi connectivity index (χ2v) is 8.17. The highest BCUT2D eigenvalue weighted by molar-refractivity contribution is 6.46. The predicted octanol–water partition coefficient (Wildman–Crippen LogP) is 4.25. The number of ketones is 1. The maximum absolute atomic E-state index is 13.2. The van der Waals surface area contributed by atoms with E-state index in [4.69, 9.17) is 9.47 Å². The Balaban J connectivity index is 2.04. The molecule has 0 aliphatic carbocycles. The molecule has 2 aromatic rings. The van der Waals surface area contributed by atoms with E-state index in [0.29, 0.717) is 31.0 Å². The zero-order chi connectivity index (χ0) is 24.7. The number of Topliss-reactive ketones (excluding diaryl/α,β-unsaturated/α-hetero) is 1. The van der Waals surface area contributed by atoms with Crippen LogP contribution in [-0.4, -0.2) is 66.5 Å². The lowest BCUT2D eigenvalue weighted by molar-refractivity contribution is -0.140. The lowest BCUT2D eigenvalue weighted by Gasteiger charge is -2.28. The standard InChI is InChI=1S/C27H34N2O5/c1-5-18-34-22-14-8-19(9-15-22)24-23(25(30)20-10-12-21(33-4)13-11-20)26(31)27(32)29(24)17-16-28(6-2)7-3/h8-15,24,30H,5-7,16-18H2,1-4H3/b25-23+. The molecule has 1 aliphatic heterocycles. The number of likely N-dealkylation sites (N-methyl/N-ethyl adjacent to an activating group) is 1. The molecule has 7 nitrogen and oxygen atoms in total. The monoisotopic (exact) mass is 466 g/mol. The van der Waals surface area contributed by atoms with Crippen LogP contribution in [0.5, 0.6) is 11.5 Å². The maximum atomic E-state index is 13.2. The Bertz CT molecular complexity index is 1010. The molecule has 2 aromatic carbocycles. The van der Waals surface area contributed by atoms with Crippen LogP contribution < -0.4 is 9.47 Å². The first-order valence-corrected chi connectivity index (χ1v) is 11.8. The quantitative estimate of drug-likeness (QED) is 0.303. The smallest absolute Gasteiger partial charge is 0.295 e. The second kappa shape index (κ2) is 11.7. The average molecular weight is 467 g/mol. The summed E-state index contributed by atoms with van der Waals surface area (Å²) in [4.78, 5) is 30.0. The molecule has 1 aliphatic rings. The minimum atomic E-state index is -0.683. The summed E-state index contributed by atoms with van der Waals surface area (Å²) in [6.07, 6.45) is 0.898. The third-order valence-electron chi connectivity index (χ3n) is 6.12. The van der Waals surface area contributed by atoms with Crippen LogP contribution >= 0.6 is 0 Å². The Hall–Kier alpha value is -3.32. The lowest BCUT2D eigenvalue weighted by atomic mass is 9.95. The lowest BCUT2D eigenvalue weighted by Crippen LogP contribution is -2.38. The van der Waals surface area contributed by atoms with Crippen LogP contribution in [0, 0.1) is 0 Å². The fraction of sp³-hybridized carbons (Fsp3) is 0.407. The molecule has 1 heterocycles. The Morgan fingerprint density at radius 1 is 0.971 bits per heavy atom. The van der Waals surface area contributed by atoms with E-state index >= 15 is 0 Å². The maximum Gasteiger partial charge on any atom is 0.295 e. The molecule has 182 valence electrons. The second-order valence-electron chi connectivity index (χ2n) is 8.17. The van der Waals surface area contributed by atoms with Gasteiger partial charge in [-0.2, -0.15) is 0 Å². The van der Waals surface area contributed by atoms with Crippen LogP contribution in [0.2, 0.25) is 0 Å². The summed E-state index contributed by atoms with van der Waals surface area (Å²) in [5, 5.41) is 11.2. The SMILES string of the molecule is CCCOc1ccc(C2/C(=C(\O)c3ccc(OC)cc3)C(=O)C(=O)N2CCN(CC)CC)cc1. The Labute approximate surface area is 201 Å². The molecule has 7 heteroatoms. The van der Waals surface area contributed by atoms with Gasteiger partial charge in [0, 0.05) is 18.7 Å².